The number of rotatable bonds is 4. The highest BCUT2D eigenvalue weighted by Crippen LogP contribution is 2.25. The van der Waals surface area contributed by atoms with Gasteiger partial charge in [-0.2, -0.15) is 0 Å². The number of hydrogen-bond acceptors (Lipinski definition) is 2. The molecule has 0 radical (unpaired) electrons. The molecule has 1 aromatic heterocycles. The third-order valence-corrected chi connectivity index (χ3v) is 3.18. The Bertz CT molecular complexity index is 597. The van der Waals surface area contributed by atoms with Gasteiger partial charge in [0.1, 0.15) is 5.82 Å². The van der Waals surface area contributed by atoms with Gasteiger partial charge < -0.3 is 4.90 Å². The maximum absolute atomic E-state index is 4.48. The van der Waals surface area contributed by atoms with E-state index in [2.05, 4.69) is 58.4 Å². The topological polar surface area (TPSA) is 16.1 Å². The number of hydrogen-bond donors (Lipinski definition) is 0. The first-order chi connectivity index (χ1) is 9.93. The van der Waals surface area contributed by atoms with Crippen molar-refractivity contribution in [3.8, 4) is 0 Å². The van der Waals surface area contributed by atoms with Gasteiger partial charge in [-0.3, -0.25) is 0 Å². The molecule has 2 heteroatoms. The fourth-order valence-corrected chi connectivity index (χ4v) is 2.19. The second kappa shape index (κ2) is 6.02. The standard InChI is InChI=1S/C18H16N2/c1-3-9-16(10-4-1)15-20(17-11-5-2-6-12-17)18-13-7-8-14-19-18/h1-14H,15H2. The monoisotopic (exact) mass is 260 g/mol. The van der Waals surface area contributed by atoms with Gasteiger partial charge in [0.15, 0.2) is 0 Å². The van der Waals surface area contributed by atoms with E-state index >= 15 is 0 Å². The minimum absolute atomic E-state index is 0.807. The van der Waals surface area contributed by atoms with Crippen LogP contribution >= 0.6 is 0 Å². The summed E-state index contributed by atoms with van der Waals surface area (Å²) in [6.45, 7) is 0.807. The Morgan fingerprint density at radius 2 is 1.35 bits per heavy atom. The number of para-hydroxylation sites is 1. The van der Waals surface area contributed by atoms with Crippen molar-refractivity contribution >= 4 is 11.5 Å². The summed E-state index contributed by atoms with van der Waals surface area (Å²) in [5, 5.41) is 0. The predicted octanol–water partition coefficient (Wildman–Crippen LogP) is 4.42. The van der Waals surface area contributed by atoms with Gasteiger partial charge in [0, 0.05) is 18.4 Å². The summed E-state index contributed by atoms with van der Waals surface area (Å²) in [6, 6.07) is 26.8. The molecule has 0 unspecified atom stereocenters. The second-order valence-corrected chi connectivity index (χ2v) is 4.60. The van der Waals surface area contributed by atoms with Gasteiger partial charge in [0.25, 0.3) is 0 Å². The molecule has 0 atom stereocenters. The van der Waals surface area contributed by atoms with E-state index < -0.39 is 0 Å². The van der Waals surface area contributed by atoms with E-state index in [9.17, 15) is 0 Å². The quantitative estimate of drug-likeness (QED) is 0.690. The zero-order valence-corrected chi connectivity index (χ0v) is 11.2. The molecule has 2 nitrogen and oxygen atoms in total. The predicted molar refractivity (Wildman–Crippen MR) is 83.0 cm³/mol. The average molecular weight is 260 g/mol. The highest BCUT2D eigenvalue weighted by Gasteiger charge is 2.10. The summed E-state index contributed by atoms with van der Waals surface area (Å²) < 4.78 is 0. The fraction of sp³-hybridized carbons (Fsp3) is 0.0556. The van der Waals surface area contributed by atoms with Crippen molar-refractivity contribution < 1.29 is 0 Å². The first-order valence-corrected chi connectivity index (χ1v) is 6.71. The minimum Gasteiger partial charge on any atom is -0.322 e. The average Bonchev–Trinajstić information content (AvgIpc) is 2.55. The van der Waals surface area contributed by atoms with Gasteiger partial charge in [-0.25, -0.2) is 4.98 Å². The molecule has 0 spiro atoms. The third kappa shape index (κ3) is 2.86. The van der Waals surface area contributed by atoms with Gasteiger partial charge in [-0.05, 0) is 29.8 Å². The SMILES string of the molecule is c1ccc(CN(c2ccccc2)c2ccccn2)cc1. The molecule has 0 aliphatic heterocycles. The molecule has 1 heterocycles. The summed E-state index contributed by atoms with van der Waals surface area (Å²) in [6.07, 6.45) is 1.83. The van der Waals surface area contributed by atoms with E-state index in [1.807, 2.05) is 36.5 Å². The molecule has 0 amide bonds. The lowest BCUT2D eigenvalue weighted by molar-refractivity contribution is 0.947. The normalized spacial score (nSPS) is 10.2. The summed E-state index contributed by atoms with van der Waals surface area (Å²) in [7, 11) is 0. The molecule has 0 aliphatic rings. The van der Waals surface area contributed by atoms with Crippen LogP contribution < -0.4 is 4.90 Å². The smallest absolute Gasteiger partial charge is 0.133 e. The van der Waals surface area contributed by atoms with Gasteiger partial charge in [-0.15, -0.1) is 0 Å². The lowest BCUT2D eigenvalue weighted by Gasteiger charge is -2.24. The van der Waals surface area contributed by atoms with Crippen LogP contribution in [0.4, 0.5) is 11.5 Å². The van der Waals surface area contributed by atoms with E-state index in [-0.39, 0.29) is 0 Å². The highest BCUT2D eigenvalue weighted by molar-refractivity contribution is 5.59. The Kier molecular flexibility index (Phi) is 3.74. The molecule has 3 aromatic rings. The van der Waals surface area contributed by atoms with Crippen LogP contribution in [0.2, 0.25) is 0 Å². The summed E-state index contributed by atoms with van der Waals surface area (Å²) in [5.74, 6) is 0.961. The number of aromatic nitrogens is 1. The number of nitrogens with zero attached hydrogens (tertiary/aromatic N) is 2. The van der Waals surface area contributed by atoms with Crippen LogP contribution in [0, 0.1) is 0 Å². The van der Waals surface area contributed by atoms with E-state index in [0.29, 0.717) is 0 Å². The molecule has 3 rings (SSSR count). The van der Waals surface area contributed by atoms with Crippen LogP contribution in [0.3, 0.4) is 0 Å². The van der Waals surface area contributed by atoms with Crippen molar-refractivity contribution in [1.82, 2.24) is 4.98 Å². The van der Waals surface area contributed by atoms with E-state index in [1.54, 1.807) is 0 Å². The van der Waals surface area contributed by atoms with Crippen LogP contribution in [-0.2, 0) is 6.54 Å². The van der Waals surface area contributed by atoms with Crippen molar-refractivity contribution in [2.24, 2.45) is 0 Å². The molecule has 98 valence electrons. The molecular formula is C18H16N2. The number of pyridine rings is 1. The minimum atomic E-state index is 0.807. The largest absolute Gasteiger partial charge is 0.322 e. The molecular weight excluding hydrogens is 244 g/mol. The molecule has 0 bridgehead atoms. The lowest BCUT2D eigenvalue weighted by Crippen LogP contribution is -2.17. The van der Waals surface area contributed by atoms with Crippen molar-refractivity contribution in [3.63, 3.8) is 0 Å². The van der Waals surface area contributed by atoms with E-state index in [4.69, 9.17) is 0 Å². The van der Waals surface area contributed by atoms with E-state index in [1.165, 1.54) is 5.56 Å². The molecule has 0 fully saturated rings. The second-order valence-electron chi connectivity index (χ2n) is 4.60. The Labute approximate surface area is 119 Å². The van der Waals surface area contributed by atoms with Crippen LogP contribution in [0.1, 0.15) is 5.56 Å². The molecule has 0 N–H and O–H groups in total. The Balaban J connectivity index is 1.96. The number of anilines is 2. The summed E-state index contributed by atoms with van der Waals surface area (Å²) >= 11 is 0. The maximum atomic E-state index is 4.48. The van der Waals surface area contributed by atoms with Gasteiger partial charge in [-0.1, -0.05) is 54.6 Å². The Morgan fingerprint density at radius 3 is 2.00 bits per heavy atom. The van der Waals surface area contributed by atoms with Gasteiger partial charge in [0.2, 0.25) is 0 Å². The van der Waals surface area contributed by atoms with Crippen LogP contribution in [0.5, 0.6) is 0 Å². The van der Waals surface area contributed by atoms with Crippen molar-refractivity contribution in [3.05, 3.63) is 90.6 Å². The van der Waals surface area contributed by atoms with Crippen molar-refractivity contribution in [2.45, 2.75) is 6.54 Å². The molecule has 0 saturated heterocycles. The summed E-state index contributed by atoms with van der Waals surface area (Å²) in [4.78, 5) is 6.70. The summed E-state index contributed by atoms with van der Waals surface area (Å²) in [5.41, 5.74) is 2.41. The Hall–Kier alpha value is -2.61. The zero-order chi connectivity index (χ0) is 13.6. The molecule has 2 aromatic carbocycles. The van der Waals surface area contributed by atoms with Crippen molar-refractivity contribution in [2.75, 3.05) is 4.90 Å². The molecule has 20 heavy (non-hydrogen) atoms. The first-order valence-electron chi connectivity index (χ1n) is 6.71. The van der Waals surface area contributed by atoms with E-state index in [0.717, 1.165) is 18.1 Å². The van der Waals surface area contributed by atoms with Gasteiger partial charge >= 0.3 is 0 Å². The maximum Gasteiger partial charge on any atom is 0.133 e. The third-order valence-electron chi connectivity index (χ3n) is 3.18. The van der Waals surface area contributed by atoms with Crippen LogP contribution in [0.15, 0.2) is 85.1 Å². The first kappa shape index (κ1) is 12.4. The zero-order valence-electron chi connectivity index (χ0n) is 11.2. The Morgan fingerprint density at radius 1 is 0.700 bits per heavy atom. The molecule has 0 saturated carbocycles. The van der Waals surface area contributed by atoms with Crippen molar-refractivity contribution in [1.29, 1.82) is 0 Å². The highest BCUT2D eigenvalue weighted by atomic mass is 15.2. The van der Waals surface area contributed by atoms with Crippen LogP contribution in [0.25, 0.3) is 0 Å². The number of benzene rings is 2. The lowest BCUT2D eigenvalue weighted by atomic mass is 10.2. The van der Waals surface area contributed by atoms with Gasteiger partial charge in [0.05, 0.1) is 0 Å². The van der Waals surface area contributed by atoms with Crippen LogP contribution in [-0.4, -0.2) is 4.98 Å². The molecule has 0 aliphatic carbocycles. The fourth-order valence-electron chi connectivity index (χ4n) is 2.19.